The third-order valence-corrected chi connectivity index (χ3v) is 4.24. The van der Waals surface area contributed by atoms with E-state index in [0.29, 0.717) is 13.1 Å². The summed E-state index contributed by atoms with van der Waals surface area (Å²) in [6.07, 6.45) is 5.61. The molecule has 1 aromatic rings. The highest BCUT2D eigenvalue weighted by atomic mass is 16.6. The molecule has 2 rings (SSSR count). The fourth-order valence-electron chi connectivity index (χ4n) is 3.06. The molecule has 1 unspecified atom stereocenters. The molecular formula is C19H31N3O3. The number of hydrogen-bond donors (Lipinski definition) is 1. The molecule has 1 atom stereocenters. The number of amides is 1. The first-order valence-corrected chi connectivity index (χ1v) is 9.24. The highest BCUT2D eigenvalue weighted by molar-refractivity contribution is 5.68. The highest BCUT2D eigenvalue weighted by Crippen LogP contribution is 2.21. The van der Waals surface area contributed by atoms with Crippen LogP contribution in [0, 0.1) is 0 Å². The van der Waals surface area contributed by atoms with E-state index in [9.17, 15) is 9.59 Å². The van der Waals surface area contributed by atoms with E-state index in [2.05, 4.69) is 5.32 Å². The molecule has 2 heterocycles. The lowest BCUT2D eigenvalue weighted by Gasteiger charge is -2.37. The number of carbonyl (C=O) groups excluding carboxylic acids is 1. The maximum Gasteiger partial charge on any atom is 0.410 e. The number of hydrogen-bond acceptors (Lipinski definition) is 4. The Hall–Kier alpha value is -1.98. The minimum atomic E-state index is -0.484. The van der Waals surface area contributed by atoms with E-state index in [1.54, 1.807) is 16.7 Å². The Bertz CT molecular complexity index is 634. The quantitative estimate of drug-likeness (QED) is 0.884. The van der Waals surface area contributed by atoms with E-state index in [4.69, 9.17) is 4.74 Å². The van der Waals surface area contributed by atoms with E-state index in [1.165, 1.54) is 0 Å². The molecular weight excluding hydrogens is 318 g/mol. The summed E-state index contributed by atoms with van der Waals surface area (Å²) in [4.78, 5) is 26.1. The van der Waals surface area contributed by atoms with Crippen molar-refractivity contribution in [2.24, 2.45) is 0 Å². The molecule has 1 aliphatic heterocycles. The second-order valence-electron chi connectivity index (χ2n) is 7.65. The smallest absolute Gasteiger partial charge is 0.410 e. The summed E-state index contributed by atoms with van der Waals surface area (Å²) in [5, 5.41) is 3.38. The van der Waals surface area contributed by atoms with Crippen molar-refractivity contribution in [3.8, 4) is 0 Å². The van der Waals surface area contributed by atoms with E-state index in [0.717, 1.165) is 37.9 Å². The number of aromatic nitrogens is 1. The molecule has 0 spiro atoms. The van der Waals surface area contributed by atoms with Gasteiger partial charge < -0.3 is 19.5 Å². The van der Waals surface area contributed by atoms with Crippen molar-refractivity contribution in [3.05, 3.63) is 28.7 Å². The monoisotopic (exact) mass is 349 g/mol. The van der Waals surface area contributed by atoms with E-state index >= 15 is 0 Å². The Morgan fingerprint density at radius 1 is 1.32 bits per heavy atom. The number of aryl methyl sites for hydroxylation is 1. The van der Waals surface area contributed by atoms with Crippen LogP contribution < -0.4 is 10.9 Å². The van der Waals surface area contributed by atoms with Crippen molar-refractivity contribution in [1.29, 1.82) is 0 Å². The van der Waals surface area contributed by atoms with Crippen LogP contribution in [-0.4, -0.2) is 40.3 Å². The standard InChI is InChI=1S/C19H31N3O3/c1-5-11-21-14-15(9-10-17(21)23)20-13-16-8-6-7-12-22(16)18(24)25-19(2,3)4/h9-10,14,16,20H,5-8,11-13H2,1-4H3. The Morgan fingerprint density at radius 2 is 2.08 bits per heavy atom. The van der Waals surface area contributed by atoms with Gasteiger partial charge in [-0.05, 0) is 52.5 Å². The maximum absolute atomic E-state index is 12.4. The zero-order valence-electron chi connectivity index (χ0n) is 15.9. The second-order valence-corrected chi connectivity index (χ2v) is 7.65. The first kappa shape index (κ1) is 19.3. The normalized spacial score (nSPS) is 18.1. The summed E-state index contributed by atoms with van der Waals surface area (Å²) in [7, 11) is 0. The summed E-state index contributed by atoms with van der Waals surface area (Å²) in [5.41, 5.74) is 0.436. The Kier molecular flexibility index (Phi) is 6.51. The molecule has 6 heteroatoms. The van der Waals surface area contributed by atoms with Crippen LogP contribution in [0.1, 0.15) is 53.4 Å². The summed E-state index contributed by atoms with van der Waals surface area (Å²) in [5.74, 6) is 0. The van der Waals surface area contributed by atoms with Gasteiger partial charge in [0, 0.05) is 31.9 Å². The second kappa shape index (κ2) is 8.41. The lowest BCUT2D eigenvalue weighted by atomic mass is 10.0. The molecule has 0 radical (unpaired) electrons. The number of rotatable bonds is 5. The Labute approximate surface area is 150 Å². The molecule has 1 amide bonds. The molecule has 0 saturated carbocycles. The largest absolute Gasteiger partial charge is 0.444 e. The van der Waals surface area contributed by atoms with Crippen LogP contribution in [0.3, 0.4) is 0 Å². The molecule has 1 N–H and O–H groups in total. The summed E-state index contributed by atoms with van der Waals surface area (Å²) in [6.45, 7) is 9.81. The van der Waals surface area contributed by atoms with Crippen molar-refractivity contribution in [2.75, 3.05) is 18.4 Å². The summed E-state index contributed by atoms with van der Waals surface area (Å²) >= 11 is 0. The van der Waals surface area contributed by atoms with Crippen LogP contribution in [0.5, 0.6) is 0 Å². The molecule has 6 nitrogen and oxygen atoms in total. The predicted octanol–water partition coefficient (Wildman–Crippen LogP) is 3.46. The van der Waals surface area contributed by atoms with Crippen LogP contribution in [0.15, 0.2) is 23.1 Å². The fraction of sp³-hybridized carbons (Fsp3) is 0.684. The number of likely N-dealkylation sites (tertiary alicyclic amines) is 1. The average molecular weight is 349 g/mol. The van der Waals surface area contributed by atoms with Gasteiger partial charge in [-0.15, -0.1) is 0 Å². The first-order chi connectivity index (χ1) is 11.8. The molecule has 1 saturated heterocycles. The third kappa shape index (κ3) is 5.80. The predicted molar refractivity (Wildman–Crippen MR) is 100 cm³/mol. The minimum absolute atomic E-state index is 0.0143. The zero-order chi connectivity index (χ0) is 18.4. The maximum atomic E-state index is 12.4. The fourth-order valence-corrected chi connectivity index (χ4v) is 3.06. The lowest BCUT2D eigenvalue weighted by molar-refractivity contribution is 0.0114. The van der Waals surface area contributed by atoms with Crippen LogP contribution in [-0.2, 0) is 11.3 Å². The van der Waals surface area contributed by atoms with Crippen molar-refractivity contribution in [1.82, 2.24) is 9.47 Å². The van der Waals surface area contributed by atoms with Gasteiger partial charge in [0.25, 0.3) is 5.56 Å². The SMILES string of the molecule is CCCn1cc(NCC2CCCCN2C(=O)OC(C)(C)C)ccc1=O. The van der Waals surface area contributed by atoms with Crippen molar-refractivity contribution in [3.63, 3.8) is 0 Å². The number of pyridine rings is 1. The molecule has 1 aromatic heterocycles. The molecule has 25 heavy (non-hydrogen) atoms. The van der Waals surface area contributed by atoms with Crippen LogP contribution in [0.25, 0.3) is 0 Å². The average Bonchev–Trinajstić information content (AvgIpc) is 2.54. The molecule has 1 fully saturated rings. The summed E-state index contributed by atoms with van der Waals surface area (Å²) in [6, 6.07) is 3.50. The highest BCUT2D eigenvalue weighted by Gasteiger charge is 2.30. The van der Waals surface area contributed by atoms with Crippen LogP contribution in [0.4, 0.5) is 10.5 Å². The van der Waals surface area contributed by atoms with Gasteiger partial charge in [-0.1, -0.05) is 6.92 Å². The van der Waals surface area contributed by atoms with Crippen LogP contribution >= 0.6 is 0 Å². The summed E-state index contributed by atoms with van der Waals surface area (Å²) < 4.78 is 7.26. The van der Waals surface area contributed by atoms with E-state index in [1.807, 2.05) is 38.8 Å². The zero-order valence-corrected chi connectivity index (χ0v) is 15.9. The van der Waals surface area contributed by atoms with Gasteiger partial charge in [0.05, 0.1) is 11.7 Å². The van der Waals surface area contributed by atoms with Gasteiger partial charge in [0.2, 0.25) is 0 Å². The van der Waals surface area contributed by atoms with E-state index in [-0.39, 0.29) is 17.7 Å². The first-order valence-electron chi connectivity index (χ1n) is 9.24. The van der Waals surface area contributed by atoms with Gasteiger partial charge in [-0.25, -0.2) is 4.79 Å². The minimum Gasteiger partial charge on any atom is -0.444 e. The number of nitrogens with zero attached hydrogens (tertiary/aromatic N) is 2. The molecule has 0 aliphatic carbocycles. The van der Waals surface area contributed by atoms with Gasteiger partial charge >= 0.3 is 6.09 Å². The van der Waals surface area contributed by atoms with E-state index < -0.39 is 5.60 Å². The number of carbonyl (C=O) groups is 1. The topological polar surface area (TPSA) is 63.6 Å². The Morgan fingerprint density at radius 3 is 2.76 bits per heavy atom. The third-order valence-electron chi connectivity index (χ3n) is 4.24. The van der Waals surface area contributed by atoms with Crippen molar-refractivity contribution >= 4 is 11.8 Å². The lowest BCUT2D eigenvalue weighted by Crippen LogP contribution is -2.48. The van der Waals surface area contributed by atoms with Crippen molar-refractivity contribution < 1.29 is 9.53 Å². The number of piperidine rings is 1. The van der Waals surface area contributed by atoms with Crippen molar-refractivity contribution in [2.45, 2.75) is 71.6 Å². The van der Waals surface area contributed by atoms with Gasteiger partial charge in [0.1, 0.15) is 5.60 Å². The van der Waals surface area contributed by atoms with Gasteiger partial charge in [0.15, 0.2) is 0 Å². The number of ether oxygens (including phenoxy) is 1. The van der Waals surface area contributed by atoms with Gasteiger partial charge in [-0.3, -0.25) is 4.79 Å². The molecule has 140 valence electrons. The Balaban J connectivity index is 2.01. The number of anilines is 1. The van der Waals surface area contributed by atoms with Crippen LogP contribution in [0.2, 0.25) is 0 Å². The molecule has 0 aromatic carbocycles. The number of nitrogens with one attached hydrogen (secondary N) is 1. The molecule has 0 bridgehead atoms. The molecule has 1 aliphatic rings. The van der Waals surface area contributed by atoms with Gasteiger partial charge in [-0.2, -0.15) is 0 Å².